The maximum absolute atomic E-state index is 12.7. The number of carbonyl (C=O) groups is 1. The van der Waals surface area contributed by atoms with Gasteiger partial charge in [0.2, 0.25) is 0 Å². The molecule has 0 spiro atoms. The molecule has 1 heterocycles. The summed E-state index contributed by atoms with van der Waals surface area (Å²) < 4.78 is 28.6. The lowest BCUT2D eigenvalue weighted by Gasteiger charge is -2.10. The molecule has 1 amide bonds. The average molecular weight is 458 g/mol. The third kappa shape index (κ3) is 4.46. The van der Waals surface area contributed by atoms with Crippen molar-refractivity contribution in [2.24, 2.45) is 0 Å². The predicted octanol–water partition coefficient (Wildman–Crippen LogP) is 5.31. The molecule has 0 fully saturated rings. The zero-order valence-corrected chi connectivity index (χ0v) is 18.1. The van der Waals surface area contributed by atoms with Crippen LogP contribution in [0.1, 0.15) is 15.4 Å². The minimum absolute atomic E-state index is 0.0774. The zero-order chi connectivity index (χ0) is 21.3. The van der Waals surface area contributed by atoms with Gasteiger partial charge in [-0.15, -0.1) is 11.3 Å². The van der Waals surface area contributed by atoms with E-state index in [9.17, 15) is 13.2 Å². The molecule has 0 radical (unpaired) electrons. The standard InChI is InChI=1S/C21H16ClN3O3S2/c1-13-23-19-12-16(7-10-20(19)29-13)24-21(26)14-3-2-4-17(11-14)25-30(27,28)18-8-5-15(22)6-9-18/h2-12,25H,1H3,(H,24,26). The second kappa shape index (κ2) is 8.06. The molecule has 0 unspecified atom stereocenters. The van der Waals surface area contributed by atoms with Gasteiger partial charge in [-0.25, -0.2) is 13.4 Å². The molecule has 4 rings (SSSR count). The van der Waals surface area contributed by atoms with Crippen molar-refractivity contribution in [1.29, 1.82) is 0 Å². The molecule has 0 aliphatic carbocycles. The van der Waals surface area contributed by atoms with Gasteiger partial charge in [-0.3, -0.25) is 9.52 Å². The van der Waals surface area contributed by atoms with Crippen LogP contribution in [-0.2, 0) is 10.0 Å². The molecular formula is C21H16ClN3O3S2. The number of rotatable bonds is 5. The van der Waals surface area contributed by atoms with Crippen LogP contribution in [0, 0.1) is 6.92 Å². The molecule has 3 aromatic carbocycles. The summed E-state index contributed by atoms with van der Waals surface area (Å²) in [6.07, 6.45) is 0. The van der Waals surface area contributed by atoms with E-state index in [1.165, 1.54) is 30.3 Å². The third-order valence-corrected chi connectivity index (χ3v) is 6.85. The van der Waals surface area contributed by atoms with Gasteiger partial charge in [0.25, 0.3) is 15.9 Å². The molecule has 2 N–H and O–H groups in total. The smallest absolute Gasteiger partial charge is 0.261 e. The Hall–Kier alpha value is -2.94. The molecule has 0 aliphatic heterocycles. The summed E-state index contributed by atoms with van der Waals surface area (Å²) in [7, 11) is -3.80. The van der Waals surface area contributed by atoms with Crippen LogP contribution in [0.5, 0.6) is 0 Å². The fourth-order valence-corrected chi connectivity index (χ4v) is 4.86. The van der Waals surface area contributed by atoms with Crippen LogP contribution >= 0.6 is 22.9 Å². The van der Waals surface area contributed by atoms with E-state index in [0.717, 1.165) is 15.2 Å². The minimum Gasteiger partial charge on any atom is -0.322 e. The molecule has 4 aromatic rings. The summed E-state index contributed by atoms with van der Waals surface area (Å²) >= 11 is 7.40. The third-order valence-electron chi connectivity index (χ3n) is 4.25. The fraction of sp³-hybridized carbons (Fsp3) is 0.0476. The predicted molar refractivity (Wildman–Crippen MR) is 121 cm³/mol. The van der Waals surface area contributed by atoms with Crippen LogP contribution in [0.4, 0.5) is 11.4 Å². The van der Waals surface area contributed by atoms with Crippen LogP contribution in [0.25, 0.3) is 10.2 Å². The second-order valence-corrected chi connectivity index (χ2v) is 9.86. The topological polar surface area (TPSA) is 88.2 Å². The first-order chi connectivity index (χ1) is 14.3. The number of benzene rings is 3. The number of nitrogens with one attached hydrogen (secondary N) is 2. The number of sulfonamides is 1. The number of hydrogen-bond acceptors (Lipinski definition) is 5. The zero-order valence-electron chi connectivity index (χ0n) is 15.7. The minimum atomic E-state index is -3.80. The van der Waals surface area contributed by atoms with E-state index in [2.05, 4.69) is 15.0 Å². The number of thiazole rings is 1. The largest absolute Gasteiger partial charge is 0.322 e. The fourth-order valence-electron chi connectivity index (χ4n) is 2.88. The maximum Gasteiger partial charge on any atom is 0.261 e. The maximum atomic E-state index is 12.7. The Bertz CT molecular complexity index is 1350. The SMILES string of the molecule is Cc1nc2cc(NC(=O)c3cccc(NS(=O)(=O)c4ccc(Cl)cc4)c3)ccc2s1. The van der Waals surface area contributed by atoms with Crippen molar-refractivity contribution < 1.29 is 13.2 Å². The first-order valence-electron chi connectivity index (χ1n) is 8.87. The molecule has 152 valence electrons. The molecule has 0 aliphatic rings. The van der Waals surface area contributed by atoms with Gasteiger partial charge in [-0.2, -0.15) is 0 Å². The number of aromatic nitrogens is 1. The van der Waals surface area contributed by atoms with E-state index in [0.29, 0.717) is 16.3 Å². The van der Waals surface area contributed by atoms with Gasteiger partial charge in [0.15, 0.2) is 0 Å². The van der Waals surface area contributed by atoms with Crippen LogP contribution in [0.15, 0.2) is 71.6 Å². The van der Waals surface area contributed by atoms with Gasteiger partial charge < -0.3 is 5.32 Å². The van der Waals surface area contributed by atoms with Crippen molar-refractivity contribution >= 4 is 60.5 Å². The monoisotopic (exact) mass is 457 g/mol. The average Bonchev–Trinajstić information content (AvgIpc) is 3.07. The highest BCUT2D eigenvalue weighted by Gasteiger charge is 2.15. The molecule has 0 saturated heterocycles. The first kappa shape index (κ1) is 20.3. The van der Waals surface area contributed by atoms with Gasteiger partial charge in [0, 0.05) is 22.0 Å². The molecule has 1 aromatic heterocycles. The van der Waals surface area contributed by atoms with Gasteiger partial charge >= 0.3 is 0 Å². The second-order valence-electron chi connectivity index (χ2n) is 6.51. The molecular weight excluding hydrogens is 442 g/mol. The summed E-state index contributed by atoms with van der Waals surface area (Å²) in [6, 6.07) is 17.6. The highest BCUT2D eigenvalue weighted by Crippen LogP contribution is 2.25. The Morgan fingerprint density at radius 3 is 2.53 bits per heavy atom. The summed E-state index contributed by atoms with van der Waals surface area (Å²) in [4.78, 5) is 17.2. The highest BCUT2D eigenvalue weighted by molar-refractivity contribution is 7.92. The molecule has 30 heavy (non-hydrogen) atoms. The summed E-state index contributed by atoms with van der Waals surface area (Å²) in [6.45, 7) is 1.93. The van der Waals surface area contributed by atoms with Crippen LogP contribution in [0.2, 0.25) is 5.02 Å². The van der Waals surface area contributed by atoms with E-state index in [1.807, 2.05) is 25.1 Å². The number of nitrogens with zero attached hydrogens (tertiary/aromatic N) is 1. The van der Waals surface area contributed by atoms with E-state index < -0.39 is 10.0 Å². The van der Waals surface area contributed by atoms with Gasteiger partial charge in [-0.05, 0) is 67.6 Å². The van der Waals surface area contributed by atoms with E-state index in [4.69, 9.17) is 11.6 Å². The number of hydrogen-bond donors (Lipinski definition) is 2. The Balaban J connectivity index is 1.53. The molecule has 0 atom stereocenters. The van der Waals surface area contributed by atoms with Crippen molar-refractivity contribution in [2.45, 2.75) is 11.8 Å². The molecule has 9 heteroatoms. The molecule has 0 bridgehead atoms. The number of anilines is 2. The van der Waals surface area contributed by atoms with Gasteiger partial charge in [-0.1, -0.05) is 17.7 Å². The molecule has 0 saturated carbocycles. The van der Waals surface area contributed by atoms with E-state index in [1.54, 1.807) is 29.5 Å². The van der Waals surface area contributed by atoms with Gasteiger partial charge in [0.1, 0.15) is 0 Å². The Morgan fingerprint density at radius 1 is 1.00 bits per heavy atom. The highest BCUT2D eigenvalue weighted by atomic mass is 35.5. The van der Waals surface area contributed by atoms with E-state index in [-0.39, 0.29) is 16.5 Å². The van der Waals surface area contributed by atoms with Crippen LogP contribution < -0.4 is 10.0 Å². The van der Waals surface area contributed by atoms with E-state index >= 15 is 0 Å². The van der Waals surface area contributed by atoms with Gasteiger partial charge in [0.05, 0.1) is 20.1 Å². The van der Waals surface area contributed by atoms with Crippen molar-refractivity contribution in [1.82, 2.24) is 4.98 Å². The number of amides is 1. The molecule has 6 nitrogen and oxygen atoms in total. The van der Waals surface area contributed by atoms with Crippen molar-refractivity contribution in [3.8, 4) is 0 Å². The lowest BCUT2D eigenvalue weighted by molar-refractivity contribution is 0.102. The number of halogens is 1. The van der Waals surface area contributed by atoms with Crippen LogP contribution in [0.3, 0.4) is 0 Å². The summed E-state index contributed by atoms with van der Waals surface area (Å²) in [5.41, 5.74) is 2.04. The Kier molecular flexibility index (Phi) is 5.46. The van der Waals surface area contributed by atoms with Crippen molar-refractivity contribution in [3.63, 3.8) is 0 Å². The number of carbonyl (C=O) groups excluding carboxylic acids is 1. The summed E-state index contributed by atoms with van der Waals surface area (Å²) in [5.74, 6) is -0.353. The van der Waals surface area contributed by atoms with Crippen molar-refractivity contribution in [2.75, 3.05) is 10.0 Å². The summed E-state index contributed by atoms with van der Waals surface area (Å²) in [5, 5.41) is 4.22. The Morgan fingerprint density at radius 2 is 1.77 bits per heavy atom. The Labute approximate surface area is 182 Å². The first-order valence-corrected chi connectivity index (χ1v) is 11.5. The number of fused-ring (bicyclic) bond motifs is 1. The normalized spacial score (nSPS) is 11.4. The quantitative estimate of drug-likeness (QED) is 0.425. The number of aryl methyl sites for hydroxylation is 1. The van der Waals surface area contributed by atoms with Crippen LogP contribution in [-0.4, -0.2) is 19.3 Å². The lowest BCUT2D eigenvalue weighted by atomic mass is 10.2. The lowest BCUT2D eigenvalue weighted by Crippen LogP contribution is -2.15. The van der Waals surface area contributed by atoms with Crippen molar-refractivity contribution in [3.05, 3.63) is 82.3 Å².